The molecule has 0 bridgehead atoms. The van der Waals surface area contributed by atoms with E-state index in [0.717, 1.165) is 37.9 Å². The largest absolute Gasteiger partial charge is 0.379 e. The molecule has 1 unspecified atom stereocenters. The molecule has 0 aromatic heterocycles. The number of nitrogens with one attached hydrogen (secondary N) is 1. The van der Waals surface area contributed by atoms with Crippen molar-refractivity contribution >= 4 is 17.5 Å². The lowest BCUT2D eigenvalue weighted by Gasteiger charge is -2.32. The number of hydrogen-bond donors (Lipinski definition) is 1. The summed E-state index contributed by atoms with van der Waals surface area (Å²) in [7, 11) is 0. The molecule has 2 heterocycles. The van der Waals surface area contributed by atoms with Crippen LogP contribution in [0, 0.1) is 18.3 Å². The molecule has 0 radical (unpaired) electrons. The van der Waals surface area contributed by atoms with Gasteiger partial charge in [0.25, 0.3) is 11.8 Å². The van der Waals surface area contributed by atoms with Gasteiger partial charge in [-0.15, -0.1) is 6.42 Å². The summed E-state index contributed by atoms with van der Waals surface area (Å²) < 4.78 is 0. The van der Waals surface area contributed by atoms with Gasteiger partial charge < -0.3 is 15.1 Å². The van der Waals surface area contributed by atoms with Crippen LogP contribution in [0.25, 0.3) is 0 Å². The molecule has 1 fully saturated rings. The maximum absolute atomic E-state index is 13.0. The first-order chi connectivity index (χ1) is 16.0. The zero-order valence-corrected chi connectivity index (χ0v) is 18.9. The first-order valence-electron chi connectivity index (χ1n) is 11.4. The number of oxime groups is 1. The van der Waals surface area contributed by atoms with Crippen molar-refractivity contribution in [3.63, 3.8) is 0 Å². The molecule has 33 heavy (non-hydrogen) atoms. The van der Waals surface area contributed by atoms with Crippen LogP contribution in [0.2, 0.25) is 0 Å². The lowest BCUT2D eigenvalue weighted by atomic mass is 9.90. The minimum atomic E-state index is -1.08. The summed E-state index contributed by atoms with van der Waals surface area (Å²) in [5, 5.41) is 6.74. The Morgan fingerprint density at radius 3 is 2.52 bits per heavy atom. The van der Waals surface area contributed by atoms with E-state index in [4.69, 9.17) is 11.3 Å². The van der Waals surface area contributed by atoms with E-state index in [1.54, 1.807) is 6.92 Å². The van der Waals surface area contributed by atoms with E-state index in [1.165, 1.54) is 5.56 Å². The van der Waals surface area contributed by atoms with Crippen LogP contribution >= 0.6 is 0 Å². The molecule has 1 saturated heterocycles. The highest BCUT2D eigenvalue weighted by atomic mass is 16.7. The van der Waals surface area contributed by atoms with Crippen molar-refractivity contribution in [3.8, 4) is 12.3 Å². The molecule has 2 aromatic carbocycles. The van der Waals surface area contributed by atoms with E-state index in [-0.39, 0.29) is 18.4 Å². The van der Waals surface area contributed by atoms with E-state index < -0.39 is 5.60 Å². The van der Waals surface area contributed by atoms with E-state index in [9.17, 15) is 9.59 Å². The highest BCUT2D eigenvalue weighted by Gasteiger charge is 2.42. The smallest absolute Gasteiger partial charge is 0.267 e. The molecule has 0 spiro atoms. The second-order valence-corrected chi connectivity index (χ2v) is 8.93. The average molecular weight is 444 g/mol. The number of carbonyl (C=O) groups is 2. The summed E-state index contributed by atoms with van der Waals surface area (Å²) in [5.74, 6) is 2.76. The Labute approximate surface area is 195 Å². The third-order valence-electron chi connectivity index (χ3n) is 6.43. The first-order valence-corrected chi connectivity index (χ1v) is 11.4. The van der Waals surface area contributed by atoms with Gasteiger partial charge in [0.05, 0.1) is 12.3 Å². The summed E-state index contributed by atoms with van der Waals surface area (Å²) in [6, 6.07) is 17.9. The normalized spacial score (nSPS) is 20.5. The standard InChI is InChI=1S/C27H29N3O3/c1-3-15-28-26(32)27(2)19-24(29-33-27)22-9-11-23(12-10-22)25(31)30-16-13-21(14-17-30)18-20-7-5-4-6-8-20/h1,4-12,21H,13-19H2,2H3,(H,28,32). The molecule has 0 saturated carbocycles. The van der Waals surface area contributed by atoms with E-state index in [1.807, 2.05) is 35.2 Å². The van der Waals surface area contributed by atoms with Crippen molar-refractivity contribution in [3.05, 3.63) is 71.3 Å². The number of benzene rings is 2. The van der Waals surface area contributed by atoms with Gasteiger partial charge in [0.1, 0.15) is 0 Å². The molecule has 1 atom stereocenters. The van der Waals surface area contributed by atoms with Gasteiger partial charge in [-0.3, -0.25) is 9.59 Å². The third-order valence-corrected chi connectivity index (χ3v) is 6.43. The van der Waals surface area contributed by atoms with Crippen LogP contribution in [0.5, 0.6) is 0 Å². The Balaban J connectivity index is 1.31. The first kappa shape index (κ1) is 22.6. The highest BCUT2D eigenvalue weighted by Crippen LogP contribution is 2.27. The topological polar surface area (TPSA) is 71.0 Å². The van der Waals surface area contributed by atoms with Crippen molar-refractivity contribution in [2.24, 2.45) is 11.1 Å². The molecule has 1 N–H and O–H groups in total. The molecule has 2 amide bonds. The van der Waals surface area contributed by atoms with E-state index in [0.29, 0.717) is 23.6 Å². The molecule has 6 heteroatoms. The Kier molecular flexibility index (Phi) is 6.79. The Bertz CT molecular complexity index is 1060. The van der Waals surface area contributed by atoms with Crippen LogP contribution in [-0.2, 0) is 16.1 Å². The number of rotatable bonds is 6. The lowest BCUT2D eigenvalue weighted by Crippen LogP contribution is -2.44. The number of amides is 2. The fourth-order valence-corrected chi connectivity index (χ4v) is 4.41. The Morgan fingerprint density at radius 2 is 1.85 bits per heavy atom. The van der Waals surface area contributed by atoms with Gasteiger partial charge in [0.2, 0.25) is 5.60 Å². The van der Waals surface area contributed by atoms with Crippen LogP contribution in [0.3, 0.4) is 0 Å². The van der Waals surface area contributed by atoms with Crippen LogP contribution in [0.1, 0.15) is 47.7 Å². The van der Waals surface area contributed by atoms with Crippen LogP contribution in [-0.4, -0.2) is 47.7 Å². The quantitative estimate of drug-likeness (QED) is 0.696. The van der Waals surface area contributed by atoms with Gasteiger partial charge in [-0.1, -0.05) is 53.5 Å². The molecule has 0 aliphatic carbocycles. The van der Waals surface area contributed by atoms with Gasteiger partial charge in [0.15, 0.2) is 0 Å². The van der Waals surface area contributed by atoms with Crippen molar-refractivity contribution in [2.75, 3.05) is 19.6 Å². The molecule has 170 valence electrons. The molecular weight excluding hydrogens is 414 g/mol. The summed E-state index contributed by atoms with van der Waals surface area (Å²) >= 11 is 0. The zero-order valence-electron chi connectivity index (χ0n) is 18.9. The monoisotopic (exact) mass is 443 g/mol. The predicted octanol–water partition coefficient (Wildman–Crippen LogP) is 3.41. The summed E-state index contributed by atoms with van der Waals surface area (Å²) in [4.78, 5) is 32.7. The summed E-state index contributed by atoms with van der Waals surface area (Å²) in [5.41, 5.74) is 2.45. The molecule has 2 aromatic rings. The lowest BCUT2D eigenvalue weighted by molar-refractivity contribution is -0.141. The third kappa shape index (κ3) is 5.25. The van der Waals surface area contributed by atoms with Crippen molar-refractivity contribution < 1.29 is 14.4 Å². The van der Waals surface area contributed by atoms with Crippen LogP contribution < -0.4 is 5.32 Å². The number of carbonyl (C=O) groups excluding carboxylic acids is 2. The number of piperidine rings is 1. The van der Waals surface area contributed by atoms with Gasteiger partial charge in [0, 0.05) is 25.1 Å². The Hall–Kier alpha value is -3.59. The number of hydrogen-bond acceptors (Lipinski definition) is 4. The van der Waals surface area contributed by atoms with Crippen molar-refractivity contribution in [1.82, 2.24) is 10.2 Å². The van der Waals surface area contributed by atoms with Crippen molar-refractivity contribution in [2.45, 2.75) is 38.2 Å². The maximum atomic E-state index is 13.0. The van der Waals surface area contributed by atoms with E-state index in [2.05, 4.69) is 40.7 Å². The average Bonchev–Trinajstić information content (AvgIpc) is 3.26. The molecule has 4 rings (SSSR count). The number of nitrogens with zero attached hydrogens (tertiary/aromatic N) is 2. The fourth-order valence-electron chi connectivity index (χ4n) is 4.41. The number of likely N-dealkylation sites (tertiary alicyclic amines) is 1. The zero-order chi connectivity index (χ0) is 23.3. The van der Waals surface area contributed by atoms with Gasteiger partial charge in [-0.25, -0.2) is 0 Å². The Morgan fingerprint density at radius 1 is 1.15 bits per heavy atom. The predicted molar refractivity (Wildman–Crippen MR) is 128 cm³/mol. The highest BCUT2D eigenvalue weighted by molar-refractivity contribution is 6.06. The molecule has 6 nitrogen and oxygen atoms in total. The minimum absolute atomic E-state index is 0.0582. The van der Waals surface area contributed by atoms with Gasteiger partial charge in [-0.2, -0.15) is 0 Å². The van der Waals surface area contributed by atoms with Gasteiger partial charge in [-0.05, 0) is 55.4 Å². The fraction of sp³-hybridized carbons (Fsp3) is 0.370. The summed E-state index contributed by atoms with van der Waals surface area (Å²) in [6.07, 6.45) is 8.65. The van der Waals surface area contributed by atoms with Gasteiger partial charge >= 0.3 is 0 Å². The van der Waals surface area contributed by atoms with Crippen molar-refractivity contribution in [1.29, 1.82) is 0 Å². The number of terminal acetylenes is 1. The minimum Gasteiger partial charge on any atom is -0.379 e. The van der Waals surface area contributed by atoms with E-state index >= 15 is 0 Å². The maximum Gasteiger partial charge on any atom is 0.267 e. The molecule has 2 aliphatic heterocycles. The second kappa shape index (κ2) is 9.91. The van der Waals surface area contributed by atoms with Crippen LogP contribution in [0.4, 0.5) is 0 Å². The molecular formula is C27H29N3O3. The SMILES string of the molecule is C#CCNC(=O)C1(C)CC(c2ccc(C(=O)N3CCC(Cc4ccccc4)CC3)cc2)=NO1. The second-order valence-electron chi connectivity index (χ2n) is 8.93. The van der Waals surface area contributed by atoms with Crippen LogP contribution in [0.15, 0.2) is 59.8 Å². The summed E-state index contributed by atoms with van der Waals surface area (Å²) in [6.45, 7) is 3.40. The molecule has 2 aliphatic rings.